The molecule has 7 unspecified atom stereocenters. The van der Waals surface area contributed by atoms with Crippen molar-refractivity contribution in [1.29, 1.82) is 0 Å². The average molecular weight is 400 g/mol. The van der Waals surface area contributed by atoms with Gasteiger partial charge in [-0.1, -0.05) is 0 Å². The molecule has 8 nitrogen and oxygen atoms in total. The van der Waals surface area contributed by atoms with Gasteiger partial charge in [-0.05, 0) is 20.4 Å². The summed E-state index contributed by atoms with van der Waals surface area (Å²) < 4.78 is 13.7. The number of rotatable bonds is 2. The molecule has 0 radical (unpaired) electrons. The number of methoxy groups -OCH3 is 1. The van der Waals surface area contributed by atoms with E-state index in [0.29, 0.717) is 29.2 Å². The van der Waals surface area contributed by atoms with Crippen LogP contribution in [0.2, 0.25) is 0 Å². The first-order chi connectivity index (χ1) is 14.0. The second-order valence-electron chi connectivity index (χ2n) is 9.00. The van der Waals surface area contributed by atoms with Crippen molar-refractivity contribution < 1.29 is 28.7 Å². The van der Waals surface area contributed by atoms with Crippen LogP contribution < -0.4 is 0 Å². The Kier molecular flexibility index (Phi) is 3.62. The zero-order valence-corrected chi connectivity index (χ0v) is 16.9. The smallest absolute Gasteiger partial charge is 0.231 e. The van der Waals surface area contributed by atoms with E-state index in [1.165, 1.54) is 7.11 Å². The van der Waals surface area contributed by atoms with Gasteiger partial charge in [0.2, 0.25) is 11.8 Å². The van der Waals surface area contributed by atoms with Crippen LogP contribution in [-0.2, 0) is 19.1 Å². The van der Waals surface area contributed by atoms with Gasteiger partial charge in [-0.25, -0.2) is 4.58 Å². The lowest BCUT2D eigenvalue weighted by molar-refractivity contribution is -0.615. The summed E-state index contributed by atoms with van der Waals surface area (Å²) in [6, 6.07) is -0.238. The van der Waals surface area contributed by atoms with Crippen LogP contribution in [0.3, 0.4) is 0 Å². The predicted octanol–water partition coefficient (Wildman–Crippen LogP) is -1.08. The summed E-state index contributed by atoms with van der Waals surface area (Å²) in [5.74, 6) is 0.0599. The lowest BCUT2D eigenvalue weighted by Gasteiger charge is -2.52. The number of fused-ring (bicyclic) bond motifs is 5. The van der Waals surface area contributed by atoms with Crippen LogP contribution in [0.5, 0.6) is 0 Å². The third-order valence-corrected chi connectivity index (χ3v) is 8.03. The molecule has 6 rings (SSSR count). The zero-order chi connectivity index (χ0) is 20.2. The van der Waals surface area contributed by atoms with Crippen LogP contribution in [0.15, 0.2) is 22.5 Å². The molecule has 0 amide bonds. The Bertz CT molecular complexity index is 937. The average Bonchev–Trinajstić information content (AvgIpc) is 3.27. The Hall–Kier alpha value is -1.87. The molecule has 29 heavy (non-hydrogen) atoms. The Labute approximate surface area is 169 Å². The van der Waals surface area contributed by atoms with E-state index >= 15 is 0 Å². The first-order valence-corrected chi connectivity index (χ1v) is 10.4. The number of ketones is 2. The summed E-state index contributed by atoms with van der Waals surface area (Å²) in [5.41, 5.74) is 1.32. The van der Waals surface area contributed by atoms with E-state index in [4.69, 9.17) is 9.47 Å². The van der Waals surface area contributed by atoms with Crippen LogP contribution >= 0.6 is 0 Å². The minimum absolute atomic E-state index is 0.0197. The SMILES string of the molecule is COC1=C(C)C(=O)C2=C(C1=O)C(CO)[N+]1=CC3CC4C(C1C2N1CCOC41)N3C. The Morgan fingerprint density at radius 2 is 2.10 bits per heavy atom. The summed E-state index contributed by atoms with van der Waals surface area (Å²) in [4.78, 5) is 31.6. The number of hydrogen-bond acceptors (Lipinski definition) is 7. The zero-order valence-electron chi connectivity index (χ0n) is 16.9. The number of carbonyl (C=O) groups is 2. The number of allylic oxidation sites excluding steroid dienone is 2. The molecule has 2 bridgehead atoms. The van der Waals surface area contributed by atoms with Gasteiger partial charge in [-0.15, -0.1) is 0 Å². The van der Waals surface area contributed by atoms with E-state index in [1.54, 1.807) is 6.92 Å². The lowest BCUT2D eigenvalue weighted by Crippen LogP contribution is -2.73. The fourth-order valence-electron chi connectivity index (χ4n) is 6.94. The highest BCUT2D eigenvalue weighted by Crippen LogP contribution is 2.51. The topological polar surface area (TPSA) is 82.3 Å². The molecule has 6 aliphatic rings. The highest BCUT2D eigenvalue weighted by atomic mass is 16.5. The van der Waals surface area contributed by atoms with E-state index < -0.39 is 6.04 Å². The van der Waals surface area contributed by atoms with Gasteiger partial charge in [-0.2, -0.15) is 0 Å². The van der Waals surface area contributed by atoms with Crippen LogP contribution in [0.25, 0.3) is 0 Å². The molecule has 1 aliphatic carbocycles. The molecule has 3 fully saturated rings. The summed E-state index contributed by atoms with van der Waals surface area (Å²) >= 11 is 0. The fraction of sp³-hybridized carbons (Fsp3) is 0.667. The maximum Gasteiger partial charge on any atom is 0.231 e. The summed E-state index contributed by atoms with van der Waals surface area (Å²) in [7, 11) is 3.57. The Morgan fingerprint density at radius 1 is 1.31 bits per heavy atom. The maximum absolute atomic E-state index is 13.5. The van der Waals surface area contributed by atoms with E-state index in [-0.39, 0.29) is 54.3 Å². The molecule has 3 saturated heterocycles. The number of aliphatic hydroxyl groups excluding tert-OH is 1. The summed E-state index contributed by atoms with van der Waals surface area (Å²) in [5, 5.41) is 10.3. The summed E-state index contributed by atoms with van der Waals surface area (Å²) in [6.45, 7) is 2.85. The lowest BCUT2D eigenvalue weighted by atomic mass is 9.70. The van der Waals surface area contributed by atoms with E-state index in [0.717, 1.165) is 13.0 Å². The van der Waals surface area contributed by atoms with Gasteiger partial charge in [-0.3, -0.25) is 19.4 Å². The largest absolute Gasteiger partial charge is 0.492 e. The number of piperidine rings is 1. The molecule has 0 saturated carbocycles. The number of Topliss-reactive ketones (excluding diaryl/α,β-unsaturated/α-hetero) is 2. The molecule has 0 aromatic rings. The molecule has 5 aliphatic heterocycles. The third-order valence-electron chi connectivity index (χ3n) is 8.03. The number of aliphatic hydroxyl groups is 1. The number of nitrogens with zero attached hydrogens (tertiary/aromatic N) is 3. The number of ether oxygens (including phenoxy) is 2. The van der Waals surface area contributed by atoms with Crippen molar-refractivity contribution in [1.82, 2.24) is 9.80 Å². The molecule has 7 atom stereocenters. The second kappa shape index (κ2) is 5.85. The van der Waals surface area contributed by atoms with Crippen LogP contribution in [-0.4, -0.2) is 108 Å². The van der Waals surface area contributed by atoms with E-state index in [1.807, 2.05) is 0 Å². The van der Waals surface area contributed by atoms with E-state index in [9.17, 15) is 14.7 Å². The van der Waals surface area contributed by atoms with Crippen molar-refractivity contribution in [2.24, 2.45) is 5.92 Å². The van der Waals surface area contributed by atoms with Gasteiger partial charge < -0.3 is 14.6 Å². The first-order valence-electron chi connectivity index (χ1n) is 10.4. The number of carbonyl (C=O) groups excluding carboxylic acids is 2. The van der Waals surface area contributed by atoms with Gasteiger partial charge in [0.1, 0.15) is 18.9 Å². The quantitative estimate of drug-likeness (QED) is 0.467. The molecular formula is C21H26N3O5+. The molecule has 154 valence electrons. The molecular weight excluding hydrogens is 374 g/mol. The predicted molar refractivity (Wildman–Crippen MR) is 101 cm³/mol. The molecule has 0 spiro atoms. The van der Waals surface area contributed by atoms with Crippen molar-refractivity contribution in [3.05, 3.63) is 22.5 Å². The minimum Gasteiger partial charge on any atom is -0.492 e. The molecule has 0 aromatic carbocycles. The van der Waals surface area contributed by atoms with Gasteiger partial charge in [0.05, 0.1) is 31.4 Å². The van der Waals surface area contributed by atoms with Gasteiger partial charge in [0.25, 0.3) is 0 Å². The minimum atomic E-state index is -0.515. The van der Waals surface area contributed by atoms with Gasteiger partial charge >= 0.3 is 0 Å². The normalized spacial score (nSPS) is 43.6. The standard InChI is InChI=1S/C21H26N3O5/c1-9-18(26)14-13(19(27)20(9)28-3)12(8-25)24-7-10-6-11-15(22(10)2)17(24)16(14)23-4-5-29-21(11)23/h7,10-12,15-17,21,25H,4-6,8H2,1-3H3/q+1. The Morgan fingerprint density at radius 3 is 2.83 bits per heavy atom. The van der Waals surface area contributed by atoms with Crippen molar-refractivity contribution in [3.63, 3.8) is 0 Å². The molecule has 8 heteroatoms. The highest BCUT2D eigenvalue weighted by Gasteiger charge is 2.68. The van der Waals surface area contributed by atoms with E-state index in [2.05, 4.69) is 27.6 Å². The number of likely N-dealkylation sites (N-methyl/N-ethyl adjacent to an activating group) is 1. The monoisotopic (exact) mass is 400 g/mol. The Balaban J connectivity index is 1.62. The van der Waals surface area contributed by atoms with Crippen molar-refractivity contribution in [2.45, 2.75) is 49.8 Å². The van der Waals surface area contributed by atoms with Crippen LogP contribution in [0, 0.1) is 5.92 Å². The highest BCUT2D eigenvalue weighted by molar-refractivity contribution is 6.25. The van der Waals surface area contributed by atoms with Crippen LogP contribution in [0.1, 0.15) is 13.3 Å². The van der Waals surface area contributed by atoms with Gasteiger partial charge in [0, 0.05) is 23.6 Å². The second-order valence-corrected chi connectivity index (χ2v) is 9.00. The van der Waals surface area contributed by atoms with Crippen molar-refractivity contribution >= 4 is 17.8 Å². The fourth-order valence-corrected chi connectivity index (χ4v) is 6.94. The third kappa shape index (κ3) is 1.96. The van der Waals surface area contributed by atoms with Crippen LogP contribution in [0.4, 0.5) is 0 Å². The molecule has 0 aromatic heterocycles. The van der Waals surface area contributed by atoms with Crippen molar-refractivity contribution in [2.75, 3.05) is 33.9 Å². The van der Waals surface area contributed by atoms with Gasteiger partial charge in [0.15, 0.2) is 23.8 Å². The summed E-state index contributed by atoms with van der Waals surface area (Å²) in [6.07, 6.45) is 3.14. The molecule has 1 N–H and O–H groups in total. The molecule has 5 heterocycles. The first kappa shape index (κ1) is 17.9. The van der Waals surface area contributed by atoms with Crippen molar-refractivity contribution in [3.8, 4) is 0 Å². The maximum atomic E-state index is 13.5. The number of hydrogen-bond donors (Lipinski definition) is 1.